The highest BCUT2D eigenvalue weighted by Crippen LogP contribution is 2.14. The van der Waals surface area contributed by atoms with Crippen molar-refractivity contribution in [2.45, 2.75) is 13.5 Å². The summed E-state index contributed by atoms with van der Waals surface area (Å²) in [6.07, 6.45) is 1.23. The lowest BCUT2D eigenvalue weighted by atomic mass is 10.2. The van der Waals surface area contributed by atoms with Gasteiger partial charge in [-0.1, -0.05) is 12.1 Å². The van der Waals surface area contributed by atoms with Crippen molar-refractivity contribution in [1.82, 2.24) is 14.8 Å². The molecule has 21 heavy (non-hydrogen) atoms. The molecular formula is C14H12N4O2S. The van der Waals surface area contributed by atoms with Crippen LogP contribution in [0.15, 0.2) is 40.6 Å². The molecule has 3 rings (SSSR count). The summed E-state index contributed by atoms with van der Waals surface area (Å²) in [4.78, 5) is 27.9. The largest absolute Gasteiger partial charge is 0.300 e. The normalized spacial score (nSPS) is 10.7. The first-order valence-electron chi connectivity index (χ1n) is 6.30. The lowest BCUT2D eigenvalue weighted by Crippen LogP contribution is -2.22. The predicted octanol–water partition coefficient (Wildman–Crippen LogP) is 1.80. The highest BCUT2D eigenvalue weighted by atomic mass is 32.1. The van der Waals surface area contributed by atoms with E-state index in [1.165, 1.54) is 22.2 Å². The Bertz CT molecular complexity index is 869. The number of hydrogen-bond acceptors (Lipinski definition) is 5. The third kappa shape index (κ3) is 2.82. The number of aromatic nitrogens is 3. The summed E-state index contributed by atoms with van der Waals surface area (Å²) < 4.78 is 1.51. The summed E-state index contributed by atoms with van der Waals surface area (Å²) >= 11 is 1.37. The van der Waals surface area contributed by atoms with Crippen LogP contribution in [0, 0.1) is 6.92 Å². The number of hydrogen-bond donors (Lipinski definition) is 1. The molecule has 2 heterocycles. The lowest BCUT2D eigenvalue weighted by Gasteiger charge is -2.08. The number of nitrogens with one attached hydrogen (secondary N) is 1. The molecule has 0 aliphatic heterocycles. The van der Waals surface area contributed by atoms with Crippen LogP contribution in [0.5, 0.6) is 0 Å². The van der Waals surface area contributed by atoms with Crippen LogP contribution in [-0.2, 0) is 11.3 Å². The number of fused-ring (bicyclic) bond motifs is 1. The highest BCUT2D eigenvalue weighted by molar-refractivity contribution is 7.13. The molecule has 7 heteroatoms. The number of carbonyl (C=O) groups is 1. The molecule has 0 saturated heterocycles. The minimum atomic E-state index is -0.231. The molecule has 1 N–H and O–H groups in total. The second kappa shape index (κ2) is 5.45. The van der Waals surface area contributed by atoms with Crippen LogP contribution in [0.3, 0.4) is 0 Å². The van der Waals surface area contributed by atoms with Crippen molar-refractivity contribution in [3.05, 3.63) is 51.8 Å². The van der Waals surface area contributed by atoms with Crippen molar-refractivity contribution in [3.8, 4) is 0 Å². The minimum Gasteiger partial charge on any atom is -0.300 e. The van der Waals surface area contributed by atoms with Crippen LogP contribution in [0.25, 0.3) is 10.9 Å². The average molecular weight is 300 g/mol. The summed E-state index contributed by atoms with van der Waals surface area (Å²) in [5.74, 6) is -0.231. The van der Waals surface area contributed by atoms with Gasteiger partial charge in [0.05, 0.1) is 17.4 Å². The molecule has 0 bridgehead atoms. The van der Waals surface area contributed by atoms with E-state index in [2.05, 4.69) is 15.4 Å². The Morgan fingerprint density at radius 2 is 2.19 bits per heavy atom. The quantitative estimate of drug-likeness (QED) is 0.800. The summed E-state index contributed by atoms with van der Waals surface area (Å²) in [6.45, 7) is 1.89. The molecule has 106 valence electrons. The Balaban J connectivity index is 1.86. The molecule has 0 radical (unpaired) electrons. The van der Waals surface area contributed by atoms with E-state index in [4.69, 9.17) is 0 Å². The summed E-state index contributed by atoms with van der Waals surface area (Å²) in [5, 5.41) is 9.71. The zero-order valence-electron chi connectivity index (χ0n) is 11.2. The number of para-hydroxylation sites is 1. The van der Waals surface area contributed by atoms with Crippen LogP contribution in [-0.4, -0.2) is 20.7 Å². The van der Waals surface area contributed by atoms with Gasteiger partial charge in [-0.15, -0.1) is 11.3 Å². The molecule has 0 saturated carbocycles. The summed E-state index contributed by atoms with van der Waals surface area (Å²) in [7, 11) is 0. The number of anilines is 1. The fourth-order valence-corrected chi connectivity index (χ4v) is 2.70. The highest BCUT2D eigenvalue weighted by Gasteiger charge is 2.09. The molecular weight excluding hydrogens is 288 g/mol. The summed E-state index contributed by atoms with van der Waals surface area (Å²) in [6, 6.07) is 7.08. The van der Waals surface area contributed by atoms with E-state index in [9.17, 15) is 9.59 Å². The van der Waals surface area contributed by atoms with E-state index in [1.54, 1.807) is 18.2 Å². The molecule has 0 atom stereocenters. The van der Waals surface area contributed by atoms with Gasteiger partial charge < -0.3 is 5.32 Å². The second-order valence-electron chi connectivity index (χ2n) is 4.53. The molecule has 0 spiro atoms. The van der Waals surface area contributed by atoms with Gasteiger partial charge in [-0.3, -0.25) is 14.3 Å². The van der Waals surface area contributed by atoms with Crippen LogP contribution in [0.1, 0.15) is 5.69 Å². The Kier molecular flexibility index (Phi) is 3.49. The van der Waals surface area contributed by atoms with Gasteiger partial charge in [0, 0.05) is 10.8 Å². The third-order valence-electron chi connectivity index (χ3n) is 2.92. The Morgan fingerprint density at radius 3 is 2.95 bits per heavy atom. The number of nitrogens with zero attached hydrogens (tertiary/aromatic N) is 3. The first-order chi connectivity index (χ1) is 10.1. The van der Waals surface area contributed by atoms with E-state index < -0.39 is 0 Å². The number of rotatable bonds is 3. The second-order valence-corrected chi connectivity index (χ2v) is 5.38. The number of carbonyl (C=O) groups excluding carboxylic acids is 1. The zero-order chi connectivity index (χ0) is 14.8. The van der Waals surface area contributed by atoms with Crippen molar-refractivity contribution in [3.63, 3.8) is 0 Å². The lowest BCUT2D eigenvalue weighted by molar-refractivity contribution is -0.116. The van der Waals surface area contributed by atoms with Crippen LogP contribution >= 0.6 is 11.3 Å². The summed E-state index contributed by atoms with van der Waals surface area (Å²) in [5.41, 5.74) is 1.34. The van der Waals surface area contributed by atoms with Crippen LogP contribution in [0.4, 0.5) is 5.13 Å². The third-order valence-corrected chi connectivity index (χ3v) is 3.80. The average Bonchev–Trinajstić information content (AvgIpc) is 2.87. The fraction of sp³-hybridized carbons (Fsp3) is 0.143. The molecule has 0 unspecified atom stereocenters. The van der Waals surface area contributed by atoms with Gasteiger partial charge >= 0.3 is 0 Å². The van der Waals surface area contributed by atoms with Crippen molar-refractivity contribution < 1.29 is 4.79 Å². The van der Waals surface area contributed by atoms with Crippen molar-refractivity contribution in [1.29, 1.82) is 0 Å². The van der Waals surface area contributed by atoms with Crippen molar-refractivity contribution >= 4 is 33.3 Å². The first kappa shape index (κ1) is 13.4. The van der Waals surface area contributed by atoms with E-state index in [1.807, 2.05) is 18.4 Å². The van der Waals surface area contributed by atoms with Crippen LogP contribution < -0.4 is 10.7 Å². The Hall–Kier alpha value is -2.54. The van der Waals surface area contributed by atoms with Gasteiger partial charge in [-0.25, -0.2) is 4.98 Å². The smallest absolute Gasteiger partial charge is 0.247 e. The van der Waals surface area contributed by atoms with E-state index in [0.717, 1.165) is 5.69 Å². The van der Waals surface area contributed by atoms with Gasteiger partial charge in [0.25, 0.3) is 0 Å². The standard InChI is InChI=1S/C14H12N4O2S/c1-9-8-21-14(16-9)17-13(20)7-18-11-5-3-2-4-10(11)12(19)6-15-18/h2-6,8H,7H2,1H3,(H,16,17,20). The zero-order valence-corrected chi connectivity index (χ0v) is 12.1. The SMILES string of the molecule is Cc1csc(NC(=O)Cn2ncc(=O)c3ccccc32)n1. The number of thiazole rings is 1. The molecule has 2 aromatic heterocycles. The number of benzene rings is 1. The minimum absolute atomic E-state index is 0.0272. The molecule has 3 aromatic rings. The van der Waals surface area contributed by atoms with Gasteiger partial charge in [0.2, 0.25) is 11.3 Å². The maximum atomic E-state index is 12.0. The predicted molar refractivity (Wildman–Crippen MR) is 81.5 cm³/mol. The Labute approximate surface area is 124 Å². The van der Waals surface area contributed by atoms with Crippen molar-refractivity contribution in [2.24, 2.45) is 0 Å². The van der Waals surface area contributed by atoms with Gasteiger partial charge in [0.15, 0.2) is 5.13 Å². The van der Waals surface area contributed by atoms with E-state index in [0.29, 0.717) is 16.0 Å². The van der Waals surface area contributed by atoms with Gasteiger partial charge in [-0.05, 0) is 19.1 Å². The van der Waals surface area contributed by atoms with Crippen molar-refractivity contribution in [2.75, 3.05) is 5.32 Å². The monoisotopic (exact) mass is 300 g/mol. The van der Waals surface area contributed by atoms with E-state index >= 15 is 0 Å². The maximum absolute atomic E-state index is 12.0. The van der Waals surface area contributed by atoms with Gasteiger partial charge in [0.1, 0.15) is 6.54 Å². The number of amides is 1. The Morgan fingerprint density at radius 1 is 1.38 bits per heavy atom. The first-order valence-corrected chi connectivity index (χ1v) is 7.18. The maximum Gasteiger partial charge on any atom is 0.247 e. The number of aryl methyl sites for hydroxylation is 1. The topological polar surface area (TPSA) is 76.9 Å². The molecule has 0 aliphatic rings. The molecule has 0 aliphatic carbocycles. The molecule has 1 amide bonds. The van der Waals surface area contributed by atoms with E-state index in [-0.39, 0.29) is 17.9 Å². The van der Waals surface area contributed by atoms with Gasteiger partial charge in [-0.2, -0.15) is 5.10 Å². The fourth-order valence-electron chi connectivity index (χ4n) is 1.99. The molecule has 1 aromatic carbocycles. The molecule has 0 fully saturated rings. The molecule has 6 nitrogen and oxygen atoms in total. The van der Waals surface area contributed by atoms with Crippen LogP contribution in [0.2, 0.25) is 0 Å².